The van der Waals surface area contributed by atoms with Gasteiger partial charge in [-0.2, -0.15) is 8.42 Å². The van der Waals surface area contributed by atoms with Crippen molar-refractivity contribution in [3.05, 3.63) is 45.7 Å². The number of nitrogens with two attached hydrogens (primary N) is 2. The number of rotatable bonds is 12. The highest BCUT2D eigenvalue weighted by Crippen LogP contribution is 2.32. The number of halogens is 2. The molecular weight excluding hydrogens is 617 g/mol. The van der Waals surface area contributed by atoms with Crippen LogP contribution in [0.25, 0.3) is 0 Å². The number of benzene rings is 1. The molecule has 7 N–H and O–H groups in total. The van der Waals surface area contributed by atoms with Crippen LogP contribution in [0.4, 0.5) is 11.6 Å². The predicted octanol–water partition coefficient (Wildman–Crippen LogP) is 1.38. The van der Waals surface area contributed by atoms with E-state index in [1.807, 2.05) is 24.3 Å². The van der Waals surface area contributed by atoms with E-state index in [2.05, 4.69) is 41.6 Å². The number of hydrogen-bond acceptors (Lipinski definition) is 10. The number of piperidine rings is 1. The minimum atomic E-state index is -3.86. The van der Waals surface area contributed by atoms with Gasteiger partial charge in [-0.15, -0.1) is 0 Å². The Bertz CT molecular complexity index is 1340. The first-order valence-corrected chi connectivity index (χ1v) is 16.8. The first-order valence-electron chi connectivity index (χ1n) is 14.5. The summed E-state index contributed by atoms with van der Waals surface area (Å²) >= 11 is 12.6. The first-order chi connectivity index (χ1) is 20.5. The lowest BCUT2D eigenvalue weighted by Gasteiger charge is -2.48. The molecule has 2 aliphatic rings. The van der Waals surface area contributed by atoms with E-state index in [0.717, 1.165) is 50.9 Å². The van der Waals surface area contributed by atoms with Crippen LogP contribution in [0.3, 0.4) is 0 Å². The van der Waals surface area contributed by atoms with Crippen molar-refractivity contribution in [3.8, 4) is 0 Å². The summed E-state index contributed by atoms with van der Waals surface area (Å²) < 4.78 is 24.1. The molecule has 0 bridgehead atoms. The minimum Gasteiger partial charge on any atom is -0.394 e. The second-order valence-corrected chi connectivity index (χ2v) is 13.1. The summed E-state index contributed by atoms with van der Waals surface area (Å²) in [6.45, 7) is 6.14. The number of aliphatic hydroxyl groups is 1. The third-order valence-corrected chi connectivity index (χ3v) is 9.19. The fraction of sp³-hybridized carbons (Fsp3) is 0.593. The molecule has 13 nitrogen and oxygen atoms in total. The van der Waals surface area contributed by atoms with Gasteiger partial charge in [0.15, 0.2) is 22.5 Å². The van der Waals surface area contributed by atoms with Crippen molar-refractivity contribution in [2.75, 3.05) is 63.1 Å². The molecule has 0 unspecified atom stereocenters. The molecule has 2 saturated heterocycles. The van der Waals surface area contributed by atoms with Gasteiger partial charge in [-0.05, 0) is 37.0 Å². The van der Waals surface area contributed by atoms with Gasteiger partial charge in [-0.3, -0.25) is 14.6 Å². The van der Waals surface area contributed by atoms with E-state index < -0.39 is 16.1 Å². The van der Waals surface area contributed by atoms with Crippen LogP contribution in [0.2, 0.25) is 10.2 Å². The maximum absolute atomic E-state index is 12.6. The molecule has 238 valence electrons. The number of anilines is 2. The molecule has 3 heterocycles. The first kappa shape index (κ1) is 33.6. The van der Waals surface area contributed by atoms with Crippen molar-refractivity contribution < 1.29 is 18.3 Å². The Morgan fingerprint density at radius 1 is 1.12 bits per heavy atom. The number of nitrogen functional groups attached to an aromatic ring is 1. The Kier molecular flexibility index (Phi) is 11.8. The third kappa shape index (κ3) is 8.88. The number of aliphatic hydroxyl groups excluding tert-OH is 1. The van der Waals surface area contributed by atoms with Gasteiger partial charge in [0.2, 0.25) is 0 Å². The maximum atomic E-state index is 12.6. The van der Waals surface area contributed by atoms with Crippen molar-refractivity contribution in [1.29, 1.82) is 0 Å². The zero-order chi connectivity index (χ0) is 31.1. The number of aromatic nitrogens is 2. The summed E-state index contributed by atoms with van der Waals surface area (Å²) in [5.74, 6) is -0.234. The van der Waals surface area contributed by atoms with Gasteiger partial charge in [0.25, 0.3) is 16.1 Å². The topological polar surface area (TPSA) is 183 Å². The number of nitrogens with zero attached hydrogens (tertiary/aromatic N) is 5. The third-order valence-electron chi connectivity index (χ3n) is 8.08. The fourth-order valence-electron chi connectivity index (χ4n) is 6.02. The average Bonchev–Trinajstić information content (AvgIpc) is 2.97. The van der Waals surface area contributed by atoms with E-state index in [-0.39, 0.29) is 48.4 Å². The summed E-state index contributed by atoms with van der Waals surface area (Å²) in [6, 6.07) is 8.38. The Morgan fingerprint density at radius 2 is 1.81 bits per heavy atom. The van der Waals surface area contributed by atoms with Gasteiger partial charge >= 0.3 is 0 Å². The summed E-state index contributed by atoms with van der Waals surface area (Å²) in [7, 11) is -3.86. The molecule has 1 aromatic carbocycles. The maximum Gasteiger partial charge on any atom is 0.274 e. The van der Waals surface area contributed by atoms with Crippen molar-refractivity contribution in [3.63, 3.8) is 0 Å². The molecule has 4 rings (SSSR count). The molecule has 16 heteroatoms. The molecule has 2 fully saturated rings. The van der Waals surface area contributed by atoms with E-state index in [4.69, 9.17) is 34.1 Å². The highest BCUT2D eigenvalue weighted by molar-refractivity contribution is 7.87. The Balaban J connectivity index is 1.37. The number of amides is 1. The van der Waals surface area contributed by atoms with E-state index in [1.54, 1.807) is 0 Å². The largest absolute Gasteiger partial charge is 0.394 e. The van der Waals surface area contributed by atoms with Crippen LogP contribution in [0, 0.1) is 0 Å². The van der Waals surface area contributed by atoms with E-state index in [1.165, 1.54) is 0 Å². The van der Waals surface area contributed by atoms with Crippen LogP contribution >= 0.6 is 23.2 Å². The second kappa shape index (κ2) is 15.1. The van der Waals surface area contributed by atoms with Gasteiger partial charge in [0.1, 0.15) is 0 Å². The molecule has 2 atom stereocenters. The van der Waals surface area contributed by atoms with Crippen molar-refractivity contribution in [2.45, 2.75) is 50.7 Å². The Labute approximate surface area is 263 Å². The number of hydrogen-bond donors (Lipinski definition) is 5. The summed E-state index contributed by atoms with van der Waals surface area (Å²) in [6.07, 6.45) is 4.05. The molecule has 2 aromatic rings. The number of carbonyl (C=O) groups is 1. The molecule has 1 amide bonds. The molecular formula is C27H41Cl2N9O4S. The fourth-order valence-corrected chi connectivity index (χ4v) is 6.78. The molecule has 1 aromatic heterocycles. The lowest BCUT2D eigenvalue weighted by atomic mass is 9.95. The monoisotopic (exact) mass is 657 g/mol. The Hall–Kier alpha value is -2.30. The van der Waals surface area contributed by atoms with Gasteiger partial charge in [0.05, 0.1) is 12.6 Å². The summed E-state index contributed by atoms with van der Waals surface area (Å²) in [4.78, 5) is 28.3. The van der Waals surface area contributed by atoms with E-state index >= 15 is 0 Å². The van der Waals surface area contributed by atoms with Crippen LogP contribution in [-0.2, 0) is 10.2 Å². The van der Waals surface area contributed by atoms with Crippen molar-refractivity contribution in [1.82, 2.24) is 29.8 Å². The standard InChI is InChI=1S/C27H41Cl2N9O4S/c1-2-3-21-16-37(26-24(29)34-23(25(30)35-26)27(40)32-10-11-33-43(31,41)42)14-15-38(21)20-8-12-36(13-9-20)22(17-39)18-4-6-19(28)7-5-18/h4-7,20-22,33,39H,2-3,8-17H2,1H3,(H2,30,35)(H,32,40)(H2,31,41,42)/t21-,22-/m0/s1. The summed E-state index contributed by atoms with van der Waals surface area (Å²) in [5, 5.41) is 18.3. The van der Waals surface area contributed by atoms with E-state index in [0.29, 0.717) is 30.0 Å². The van der Waals surface area contributed by atoms with Crippen LogP contribution in [0.5, 0.6) is 0 Å². The quantitative estimate of drug-likeness (QED) is 0.209. The van der Waals surface area contributed by atoms with Gasteiger partial charge < -0.3 is 21.1 Å². The van der Waals surface area contributed by atoms with Crippen LogP contribution < -0.4 is 25.8 Å². The van der Waals surface area contributed by atoms with Crippen molar-refractivity contribution in [2.24, 2.45) is 5.14 Å². The molecule has 0 radical (unpaired) electrons. The molecule has 2 aliphatic heterocycles. The van der Waals surface area contributed by atoms with Crippen LogP contribution in [-0.4, -0.2) is 104 Å². The zero-order valence-electron chi connectivity index (χ0n) is 24.3. The SMILES string of the molecule is CCC[C@H]1CN(c2nc(N)c(C(=O)NCCNS(N)(=O)=O)nc2Cl)CCN1C1CCN([C@@H](CO)c2ccc(Cl)cc2)CC1. The lowest BCUT2D eigenvalue weighted by Crippen LogP contribution is -2.59. The number of carbonyl (C=O) groups excluding carboxylic acids is 1. The summed E-state index contributed by atoms with van der Waals surface area (Å²) in [5.41, 5.74) is 7.06. The number of nitrogens with one attached hydrogen (secondary N) is 2. The zero-order valence-corrected chi connectivity index (χ0v) is 26.6. The number of likely N-dealkylation sites (tertiary alicyclic amines) is 1. The van der Waals surface area contributed by atoms with E-state index in [9.17, 15) is 18.3 Å². The Morgan fingerprint density at radius 3 is 2.44 bits per heavy atom. The normalized spacial score (nSPS) is 19.8. The number of piperazine rings is 1. The van der Waals surface area contributed by atoms with Crippen molar-refractivity contribution >= 4 is 51.0 Å². The van der Waals surface area contributed by atoms with Gasteiger partial charge in [0, 0.05) is 62.9 Å². The predicted molar refractivity (Wildman–Crippen MR) is 168 cm³/mol. The average molecular weight is 659 g/mol. The lowest BCUT2D eigenvalue weighted by molar-refractivity contribution is 0.0343. The van der Waals surface area contributed by atoms with Crippen LogP contribution in [0.1, 0.15) is 54.7 Å². The molecule has 0 saturated carbocycles. The highest BCUT2D eigenvalue weighted by Gasteiger charge is 2.36. The highest BCUT2D eigenvalue weighted by atomic mass is 35.5. The van der Waals surface area contributed by atoms with Crippen LogP contribution in [0.15, 0.2) is 24.3 Å². The van der Waals surface area contributed by atoms with Gasteiger partial charge in [-0.25, -0.2) is 19.8 Å². The smallest absolute Gasteiger partial charge is 0.274 e. The molecule has 0 aliphatic carbocycles. The minimum absolute atomic E-state index is 0.0167. The molecule has 0 spiro atoms. The van der Waals surface area contributed by atoms with Gasteiger partial charge in [-0.1, -0.05) is 48.7 Å². The molecule has 43 heavy (non-hydrogen) atoms. The second-order valence-electron chi connectivity index (χ2n) is 10.9.